The lowest BCUT2D eigenvalue weighted by Gasteiger charge is -2.26. The number of para-hydroxylation sites is 1. The lowest BCUT2D eigenvalue weighted by molar-refractivity contribution is 0.262. The average Bonchev–Trinajstić information content (AvgIpc) is 2.74. The van der Waals surface area contributed by atoms with Gasteiger partial charge in [0, 0.05) is 6.54 Å². The topological polar surface area (TPSA) is 43.8 Å². The van der Waals surface area contributed by atoms with Crippen LogP contribution >= 0.6 is 0 Å². The molecule has 0 aliphatic heterocycles. The minimum absolute atomic E-state index is 0.665. The van der Waals surface area contributed by atoms with Gasteiger partial charge < -0.3 is 10.3 Å². The van der Waals surface area contributed by atoms with Crippen molar-refractivity contribution in [2.75, 3.05) is 5.73 Å². The van der Waals surface area contributed by atoms with Gasteiger partial charge in [-0.3, -0.25) is 0 Å². The molecule has 1 saturated carbocycles. The van der Waals surface area contributed by atoms with Gasteiger partial charge in [-0.05, 0) is 43.2 Å². The Morgan fingerprint density at radius 1 is 1.35 bits per heavy atom. The van der Waals surface area contributed by atoms with Gasteiger partial charge in [-0.25, -0.2) is 4.98 Å². The summed E-state index contributed by atoms with van der Waals surface area (Å²) in [5, 5.41) is 0. The zero-order valence-corrected chi connectivity index (χ0v) is 12.6. The lowest BCUT2D eigenvalue weighted by atomic mass is 9.81. The smallest absolute Gasteiger partial charge is 0.201 e. The molecular weight excluding hydrogens is 246 g/mol. The first kappa shape index (κ1) is 13.5. The Balaban J connectivity index is 1.77. The molecule has 3 rings (SSSR count). The van der Waals surface area contributed by atoms with Gasteiger partial charge in [0.25, 0.3) is 0 Å². The maximum atomic E-state index is 6.12. The maximum Gasteiger partial charge on any atom is 0.201 e. The van der Waals surface area contributed by atoms with Crippen LogP contribution in [0.4, 0.5) is 5.95 Å². The number of benzene rings is 1. The molecule has 108 valence electrons. The first-order valence-electron chi connectivity index (χ1n) is 7.86. The summed E-state index contributed by atoms with van der Waals surface area (Å²) in [5.41, 5.74) is 9.57. The summed E-state index contributed by atoms with van der Waals surface area (Å²) in [5.74, 6) is 2.42. The second kappa shape index (κ2) is 5.47. The molecule has 1 fully saturated rings. The molecule has 1 aromatic carbocycles. The first-order valence-corrected chi connectivity index (χ1v) is 7.86. The van der Waals surface area contributed by atoms with E-state index in [0.29, 0.717) is 5.95 Å². The van der Waals surface area contributed by atoms with Gasteiger partial charge in [0.2, 0.25) is 5.95 Å². The number of hydrogen-bond donors (Lipinski definition) is 1. The fraction of sp³-hybridized carbons (Fsp3) is 0.588. The van der Waals surface area contributed by atoms with Gasteiger partial charge in [-0.2, -0.15) is 0 Å². The predicted molar refractivity (Wildman–Crippen MR) is 84.6 cm³/mol. The molecule has 0 spiro atoms. The normalized spacial score (nSPS) is 23.3. The minimum atomic E-state index is 0.665. The number of hydrogen-bond acceptors (Lipinski definition) is 2. The van der Waals surface area contributed by atoms with E-state index in [2.05, 4.69) is 41.6 Å². The average molecular weight is 271 g/mol. The summed E-state index contributed by atoms with van der Waals surface area (Å²) in [6.07, 6.45) is 6.80. The number of anilines is 1. The summed E-state index contributed by atoms with van der Waals surface area (Å²) in [7, 11) is 0. The van der Waals surface area contributed by atoms with Crippen molar-refractivity contribution in [1.29, 1.82) is 0 Å². The number of imidazole rings is 1. The number of nitrogen functional groups attached to an aromatic ring is 1. The summed E-state index contributed by atoms with van der Waals surface area (Å²) in [6, 6.07) is 6.33. The summed E-state index contributed by atoms with van der Waals surface area (Å²) < 4.78 is 2.20. The highest BCUT2D eigenvalue weighted by Gasteiger charge is 2.19. The highest BCUT2D eigenvalue weighted by molar-refractivity contribution is 5.81. The third-order valence-corrected chi connectivity index (χ3v) is 4.82. The summed E-state index contributed by atoms with van der Waals surface area (Å²) >= 11 is 0. The van der Waals surface area contributed by atoms with E-state index in [0.717, 1.165) is 23.9 Å². The fourth-order valence-corrected chi connectivity index (χ4v) is 3.67. The van der Waals surface area contributed by atoms with Gasteiger partial charge >= 0.3 is 0 Å². The van der Waals surface area contributed by atoms with Crippen LogP contribution in [0.5, 0.6) is 0 Å². The molecule has 2 unspecified atom stereocenters. The minimum Gasteiger partial charge on any atom is -0.369 e. The molecule has 2 N–H and O–H groups in total. The van der Waals surface area contributed by atoms with Gasteiger partial charge in [0.15, 0.2) is 0 Å². The second-order valence-corrected chi connectivity index (χ2v) is 6.49. The molecule has 2 atom stereocenters. The number of rotatable bonds is 3. The molecule has 1 aliphatic carbocycles. The number of aryl methyl sites for hydroxylation is 2. The predicted octanol–water partition coefficient (Wildman–Crippen LogP) is 4.14. The van der Waals surface area contributed by atoms with Gasteiger partial charge in [-0.1, -0.05) is 38.3 Å². The molecule has 20 heavy (non-hydrogen) atoms. The molecule has 1 aliphatic rings. The van der Waals surface area contributed by atoms with Crippen LogP contribution in [0.25, 0.3) is 11.0 Å². The van der Waals surface area contributed by atoms with Crippen molar-refractivity contribution >= 4 is 17.0 Å². The van der Waals surface area contributed by atoms with E-state index in [1.807, 2.05) is 0 Å². The molecule has 0 amide bonds. The van der Waals surface area contributed by atoms with E-state index < -0.39 is 0 Å². The van der Waals surface area contributed by atoms with Crippen molar-refractivity contribution in [1.82, 2.24) is 9.55 Å². The third kappa shape index (κ3) is 2.54. The van der Waals surface area contributed by atoms with Crippen molar-refractivity contribution in [2.45, 2.75) is 52.5 Å². The van der Waals surface area contributed by atoms with Crippen molar-refractivity contribution in [3.63, 3.8) is 0 Å². The van der Waals surface area contributed by atoms with Crippen LogP contribution in [0.2, 0.25) is 0 Å². The maximum absolute atomic E-state index is 6.12. The van der Waals surface area contributed by atoms with E-state index in [9.17, 15) is 0 Å². The molecule has 3 heteroatoms. The number of aromatic nitrogens is 2. The Morgan fingerprint density at radius 2 is 2.20 bits per heavy atom. The van der Waals surface area contributed by atoms with Gasteiger partial charge in [0.05, 0.1) is 11.0 Å². The largest absolute Gasteiger partial charge is 0.369 e. The molecular formula is C17H25N3. The number of nitrogens with two attached hydrogens (primary N) is 1. The van der Waals surface area contributed by atoms with E-state index in [1.165, 1.54) is 43.2 Å². The van der Waals surface area contributed by atoms with Crippen LogP contribution in [0.3, 0.4) is 0 Å². The fourth-order valence-electron chi connectivity index (χ4n) is 3.67. The monoisotopic (exact) mass is 271 g/mol. The van der Waals surface area contributed by atoms with Crippen LogP contribution in [0.15, 0.2) is 18.2 Å². The zero-order valence-electron chi connectivity index (χ0n) is 12.6. The van der Waals surface area contributed by atoms with E-state index >= 15 is 0 Å². The SMILES string of the molecule is Cc1cccc2c1nc(N)n2CCC1CCCC(C)C1. The van der Waals surface area contributed by atoms with E-state index in [-0.39, 0.29) is 0 Å². The molecule has 2 aromatic rings. The highest BCUT2D eigenvalue weighted by atomic mass is 15.1. The Labute approximate surface area is 121 Å². The van der Waals surface area contributed by atoms with Crippen molar-refractivity contribution in [3.8, 4) is 0 Å². The molecule has 0 saturated heterocycles. The quantitative estimate of drug-likeness (QED) is 0.911. The highest BCUT2D eigenvalue weighted by Crippen LogP contribution is 2.31. The Hall–Kier alpha value is -1.51. The second-order valence-electron chi connectivity index (χ2n) is 6.49. The van der Waals surface area contributed by atoms with Crippen molar-refractivity contribution in [2.24, 2.45) is 11.8 Å². The summed E-state index contributed by atoms with van der Waals surface area (Å²) in [4.78, 5) is 4.53. The number of nitrogens with zero attached hydrogens (tertiary/aromatic N) is 2. The molecule has 0 bridgehead atoms. The van der Waals surface area contributed by atoms with Crippen LogP contribution in [0, 0.1) is 18.8 Å². The molecule has 1 heterocycles. The molecule has 3 nitrogen and oxygen atoms in total. The van der Waals surface area contributed by atoms with Gasteiger partial charge in [-0.15, -0.1) is 0 Å². The van der Waals surface area contributed by atoms with Crippen LogP contribution in [0.1, 0.15) is 44.6 Å². The first-order chi connectivity index (χ1) is 9.65. The third-order valence-electron chi connectivity index (χ3n) is 4.82. The lowest BCUT2D eigenvalue weighted by Crippen LogP contribution is -2.15. The Kier molecular flexibility index (Phi) is 3.68. The zero-order chi connectivity index (χ0) is 14.1. The Bertz CT molecular complexity index is 600. The van der Waals surface area contributed by atoms with Gasteiger partial charge in [0.1, 0.15) is 0 Å². The van der Waals surface area contributed by atoms with Crippen LogP contribution in [-0.2, 0) is 6.54 Å². The molecule has 1 aromatic heterocycles. The van der Waals surface area contributed by atoms with Crippen LogP contribution in [-0.4, -0.2) is 9.55 Å². The Morgan fingerprint density at radius 3 is 3.00 bits per heavy atom. The van der Waals surface area contributed by atoms with Crippen LogP contribution < -0.4 is 5.73 Å². The van der Waals surface area contributed by atoms with E-state index in [4.69, 9.17) is 5.73 Å². The van der Waals surface area contributed by atoms with Crippen molar-refractivity contribution in [3.05, 3.63) is 23.8 Å². The summed E-state index contributed by atoms with van der Waals surface area (Å²) in [6.45, 7) is 5.49. The number of fused-ring (bicyclic) bond motifs is 1. The van der Waals surface area contributed by atoms with Crippen molar-refractivity contribution < 1.29 is 0 Å². The standard InChI is InChI=1S/C17H25N3/c1-12-5-3-7-14(11-12)9-10-20-15-8-4-6-13(2)16(15)19-17(20)18/h4,6,8,12,14H,3,5,7,9-11H2,1-2H3,(H2,18,19). The van der Waals surface area contributed by atoms with E-state index in [1.54, 1.807) is 0 Å². The molecule has 0 radical (unpaired) electrons.